The van der Waals surface area contributed by atoms with E-state index in [1.807, 2.05) is 12.1 Å². The van der Waals surface area contributed by atoms with E-state index >= 15 is 0 Å². The zero-order valence-electron chi connectivity index (χ0n) is 13.7. The van der Waals surface area contributed by atoms with Crippen LogP contribution in [0.15, 0.2) is 83.6 Å². The van der Waals surface area contributed by atoms with Crippen molar-refractivity contribution in [2.24, 2.45) is 0 Å². The van der Waals surface area contributed by atoms with Gasteiger partial charge in [0, 0.05) is 29.3 Å². The molecule has 0 aliphatic heterocycles. The minimum atomic E-state index is -0.103. The third-order valence-corrected chi connectivity index (χ3v) is 4.52. The lowest BCUT2D eigenvalue weighted by molar-refractivity contribution is 0.0952. The predicted octanol–water partition coefficient (Wildman–Crippen LogP) is 4.80. The van der Waals surface area contributed by atoms with Crippen LogP contribution in [0.2, 0.25) is 0 Å². The van der Waals surface area contributed by atoms with Gasteiger partial charge in [-0.2, -0.15) is 0 Å². The fraction of sp³-hybridized carbons (Fsp3) is 0.143. The average Bonchev–Trinajstić information content (AvgIpc) is 2.66. The van der Waals surface area contributed by atoms with Gasteiger partial charge < -0.3 is 5.32 Å². The number of carbonyl (C=O) groups excluding carboxylic acids is 1. The van der Waals surface area contributed by atoms with Crippen molar-refractivity contribution in [2.75, 3.05) is 6.54 Å². The first-order valence-corrected chi connectivity index (χ1v) is 9.02. The van der Waals surface area contributed by atoms with Gasteiger partial charge in [-0.1, -0.05) is 60.7 Å². The number of rotatable bonds is 6. The Kier molecular flexibility index (Phi) is 5.96. The number of hydrogen-bond donors (Lipinski definition) is 1. The smallest absolute Gasteiger partial charge is 0.252 e. The van der Waals surface area contributed by atoms with E-state index in [9.17, 15) is 4.79 Å². The number of hydrogen-bond acceptors (Lipinski definition) is 2. The van der Waals surface area contributed by atoms with Crippen molar-refractivity contribution in [1.29, 1.82) is 0 Å². The number of aromatic nitrogens is 1. The topological polar surface area (TPSA) is 42.0 Å². The highest BCUT2D eigenvalue weighted by Gasteiger charge is 2.14. The van der Waals surface area contributed by atoms with Crippen LogP contribution < -0.4 is 5.32 Å². The molecule has 0 aliphatic rings. The van der Waals surface area contributed by atoms with Crippen LogP contribution in [0.25, 0.3) is 0 Å². The number of nitrogens with one attached hydrogen (secondary N) is 1. The summed E-state index contributed by atoms with van der Waals surface area (Å²) in [5, 5.41) is 3.00. The summed E-state index contributed by atoms with van der Waals surface area (Å²) in [4.78, 5) is 16.3. The molecule has 1 heterocycles. The molecule has 25 heavy (non-hydrogen) atoms. The number of halogens is 1. The quantitative estimate of drug-likeness (QED) is 0.652. The molecule has 0 radical (unpaired) electrons. The SMILES string of the molecule is O=C(NCCC(c1ccccc1)c1ccccc1)c1cncc(Br)c1. The molecule has 3 nitrogen and oxygen atoms in total. The van der Waals surface area contributed by atoms with Gasteiger partial charge in [0.25, 0.3) is 5.91 Å². The van der Waals surface area contributed by atoms with Gasteiger partial charge in [0.2, 0.25) is 0 Å². The fourth-order valence-corrected chi connectivity index (χ4v) is 3.23. The molecule has 0 atom stereocenters. The molecule has 126 valence electrons. The molecule has 0 saturated heterocycles. The van der Waals surface area contributed by atoms with Gasteiger partial charge in [0.1, 0.15) is 0 Å². The fourth-order valence-electron chi connectivity index (χ4n) is 2.86. The van der Waals surface area contributed by atoms with Crippen molar-refractivity contribution >= 4 is 21.8 Å². The van der Waals surface area contributed by atoms with Gasteiger partial charge in [-0.3, -0.25) is 9.78 Å². The first-order valence-electron chi connectivity index (χ1n) is 8.22. The van der Waals surface area contributed by atoms with Gasteiger partial charge in [0.15, 0.2) is 0 Å². The Morgan fingerprint density at radius 3 is 2.12 bits per heavy atom. The molecule has 1 N–H and O–H groups in total. The maximum atomic E-state index is 12.3. The molecule has 0 aliphatic carbocycles. The zero-order chi connectivity index (χ0) is 17.5. The van der Waals surface area contributed by atoms with Gasteiger partial charge in [-0.25, -0.2) is 0 Å². The maximum Gasteiger partial charge on any atom is 0.252 e. The monoisotopic (exact) mass is 394 g/mol. The third-order valence-electron chi connectivity index (χ3n) is 4.09. The molecule has 1 aromatic heterocycles. The highest BCUT2D eigenvalue weighted by molar-refractivity contribution is 9.10. The molecule has 2 aromatic carbocycles. The van der Waals surface area contributed by atoms with Gasteiger partial charge in [-0.15, -0.1) is 0 Å². The second-order valence-electron chi connectivity index (χ2n) is 5.81. The van der Waals surface area contributed by atoms with Crippen molar-refractivity contribution in [2.45, 2.75) is 12.3 Å². The lowest BCUT2D eigenvalue weighted by Gasteiger charge is -2.18. The maximum absolute atomic E-state index is 12.3. The molecule has 0 spiro atoms. The van der Waals surface area contributed by atoms with Crippen LogP contribution in [0.5, 0.6) is 0 Å². The summed E-state index contributed by atoms with van der Waals surface area (Å²) in [6.07, 6.45) is 4.07. The Hall–Kier alpha value is -2.46. The van der Waals surface area contributed by atoms with Crippen molar-refractivity contribution in [1.82, 2.24) is 10.3 Å². The number of benzene rings is 2. The predicted molar refractivity (Wildman–Crippen MR) is 104 cm³/mol. The van der Waals surface area contributed by atoms with E-state index in [1.54, 1.807) is 18.5 Å². The molecule has 0 fully saturated rings. The van der Waals surface area contributed by atoms with E-state index in [0.717, 1.165) is 10.9 Å². The van der Waals surface area contributed by atoms with Gasteiger partial charge >= 0.3 is 0 Å². The summed E-state index contributed by atoms with van der Waals surface area (Å²) >= 11 is 3.34. The summed E-state index contributed by atoms with van der Waals surface area (Å²) in [6, 6.07) is 22.6. The Balaban J connectivity index is 1.68. The van der Waals surface area contributed by atoms with E-state index in [1.165, 1.54) is 11.1 Å². The van der Waals surface area contributed by atoms with Crippen molar-refractivity contribution in [3.05, 3.63) is 100 Å². The first-order chi connectivity index (χ1) is 12.2. The zero-order valence-corrected chi connectivity index (χ0v) is 15.3. The Labute approximate surface area is 156 Å². The lowest BCUT2D eigenvalue weighted by Crippen LogP contribution is -2.26. The van der Waals surface area contributed by atoms with E-state index in [-0.39, 0.29) is 11.8 Å². The van der Waals surface area contributed by atoms with Crippen LogP contribution in [0.1, 0.15) is 33.8 Å². The number of nitrogens with zero attached hydrogens (tertiary/aromatic N) is 1. The van der Waals surface area contributed by atoms with Crippen LogP contribution in [-0.2, 0) is 0 Å². The molecule has 0 saturated carbocycles. The van der Waals surface area contributed by atoms with Crippen LogP contribution in [0, 0.1) is 0 Å². The van der Waals surface area contributed by atoms with Crippen LogP contribution in [0.4, 0.5) is 0 Å². The van der Waals surface area contributed by atoms with E-state index in [4.69, 9.17) is 0 Å². The standard InChI is InChI=1S/C21H19BrN2O/c22-19-13-18(14-23-15-19)21(25)24-12-11-20(16-7-3-1-4-8-16)17-9-5-2-6-10-17/h1-10,13-15,20H,11-12H2,(H,24,25). The summed E-state index contributed by atoms with van der Waals surface area (Å²) in [5.74, 6) is 0.150. The van der Waals surface area contributed by atoms with E-state index in [0.29, 0.717) is 12.1 Å². The molecular formula is C21H19BrN2O. The summed E-state index contributed by atoms with van der Waals surface area (Å²) < 4.78 is 0.798. The summed E-state index contributed by atoms with van der Waals surface area (Å²) in [7, 11) is 0. The minimum Gasteiger partial charge on any atom is -0.352 e. The van der Waals surface area contributed by atoms with Gasteiger partial charge in [0.05, 0.1) is 5.56 Å². The molecule has 3 rings (SSSR count). The first kappa shape index (κ1) is 17.4. The molecular weight excluding hydrogens is 376 g/mol. The summed E-state index contributed by atoms with van der Waals surface area (Å²) in [6.45, 7) is 0.597. The van der Waals surface area contributed by atoms with Gasteiger partial charge in [-0.05, 0) is 39.5 Å². The minimum absolute atomic E-state index is 0.103. The van der Waals surface area contributed by atoms with Crippen molar-refractivity contribution in [3.8, 4) is 0 Å². The molecule has 0 unspecified atom stereocenters. The second kappa shape index (κ2) is 8.58. The van der Waals surface area contributed by atoms with E-state index in [2.05, 4.69) is 74.8 Å². The normalized spacial score (nSPS) is 10.6. The molecule has 0 bridgehead atoms. The Morgan fingerprint density at radius 1 is 0.960 bits per heavy atom. The highest BCUT2D eigenvalue weighted by Crippen LogP contribution is 2.27. The van der Waals surface area contributed by atoms with Crippen LogP contribution in [0.3, 0.4) is 0 Å². The molecule has 3 aromatic rings. The molecule has 4 heteroatoms. The largest absolute Gasteiger partial charge is 0.352 e. The Morgan fingerprint density at radius 2 is 1.56 bits per heavy atom. The number of carbonyl (C=O) groups is 1. The third kappa shape index (κ3) is 4.77. The van der Waals surface area contributed by atoms with Crippen molar-refractivity contribution < 1.29 is 4.79 Å². The highest BCUT2D eigenvalue weighted by atomic mass is 79.9. The van der Waals surface area contributed by atoms with Crippen LogP contribution >= 0.6 is 15.9 Å². The van der Waals surface area contributed by atoms with Crippen molar-refractivity contribution in [3.63, 3.8) is 0 Å². The second-order valence-corrected chi connectivity index (χ2v) is 6.73. The number of pyridine rings is 1. The lowest BCUT2D eigenvalue weighted by atomic mass is 9.88. The van der Waals surface area contributed by atoms with Crippen LogP contribution in [-0.4, -0.2) is 17.4 Å². The number of amides is 1. The van der Waals surface area contributed by atoms with E-state index < -0.39 is 0 Å². The average molecular weight is 395 g/mol. The molecule has 1 amide bonds. The Bertz CT molecular complexity index is 782. The summed E-state index contributed by atoms with van der Waals surface area (Å²) in [5.41, 5.74) is 3.07.